The first-order chi connectivity index (χ1) is 9.72. The fraction of sp³-hybridized carbons (Fsp3) is 0.375. The first kappa shape index (κ1) is 13.4. The van der Waals surface area contributed by atoms with Crippen LogP contribution >= 0.6 is 11.8 Å². The number of amides is 1. The van der Waals surface area contributed by atoms with Gasteiger partial charge >= 0.3 is 0 Å². The van der Waals surface area contributed by atoms with E-state index in [1.807, 2.05) is 36.4 Å². The van der Waals surface area contributed by atoms with Gasteiger partial charge in [0.25, 0.3) is 5.91 Å². The van der Waals surface area contributed by atoms with Gasteiger partial charge in [-0.1, -0.05) is 37.3 Å². The van der Waals surface area contributed by atoms with Crippen LogP contribution in [-0.4, -0.2) is 29.1 Å². The maximum Gasteiger partial charge on any atom is 0.286 e. The van der Waals surface area contributed by atoms with E-state index in [1.165, 1.54) is 24.6 Å². The Morgan fingerprint density at radius 2 is 2.15 bits per heavy atom. The number of amidine groups is 1. The third-order valence-electron chi connectivity index (χ3n) is 3.63. The summed E-state index contributed by atoms with van der Waals surface area (Å²) in [5, 5.41) is 0.878. The molecule has 20 heavy (non-hydrogen) atoms. The van der Waals surface area contributed by atoms with Crippen molar-refractivity contribution in [2.24, 2.45) is 10.9 Å². The molecule has 1 aromatic rings. The van der Waals surface area contributed by atoms with Gasteiger partial charge in [-0.3, -0.25) is 4.79 Å². The predicted molar refractivity (Wildman–Crippen MR) is 84.4 cm³/mol. The molecule has 0 spiro atoms. The molecule has 0 aliphatic carbocycles. The molecule has 1 saturated heterocycles. The van der Waals surface area contributed by atoms with Gasteiger partial charge in [-0.05, 0) is 42.2 Å². The molecule has 1 unspecified atom stereocenters. The van der Waals surface area contributed by atoms with Gasteiger partial charge in [0.05, 0.1) is 4.91 Å². The molecule has 0 radical (unpaired) electrons. The summed E-state index contributed by atoms with van der Waals surface area (Å²) in [6.07, 6.45) is 4.39. The number of likely N-dealkylation sites (tertiary alicyclic amines) is 1. The average Bonchev–Trinajstić information content (AvgIpc) is 2.81. The van der Waals surface area contributed by atoms with Crippen LogP contribution in [0.2, 0.25) is 0 Å². The molecule has 1 atom stereocenters. The summed E-state index contributed by atoms with van der Waals surface area (Å²) in [4.78, 5) is 19.2. The Morgan fingerprint density at radius 1 is 1.35 bits per heavy atom. The van der Waals surface area contributed by atoms with Crippen LogP contribution in [0.5, 0.6) is 0 Å². The average molecular weight is 286 g/mol. The van der Waals surface area contributed by atoms with E-state index in [1.54, 1.807) is 0 Å². The van der Waals surface area contributed by atoms with Crippen LogP contribution in [0.15, 0.2) is 40.2 Å². The highest BCUT2D eigenvalue weighted by Crippen LogP contribution is 2.32. The molecule has 4 heteroatoms. The molecule has 0 aromatic heterocycles. The van der Waals surface area contributed by atoms with Gasteiger partial charge in [-0.2, -0.15) is 4.99 Å². The standard InChI is InChI=1S/C16H18N2OS/c1-12-6-5-9-18(11-12)16-17-15(19)14(20-16)10-13-7-3-2-4-8-13/h2-4,7-8,10,12H,5-6,9,11H2,1H3/b14-10-. The van der Waals surface area contributed by atoms with E-state index in [0.717, 1.165) is 28.7 Å². The highest BCUT2D eigenvalue weighted by Gasteiger charge is 2.28. The van der Waals surface area contributed by atoms with Crippen LogP contribution in [0, 0.1) is 5.92 Å². The maximum atomic E-state index is 12.0. The molecule has 3 rings (SSSR count). The Hall–Kier alpha value is -1.55. The van der Waals surface area contributed by atoms with Gasteiger partial charge in [0.15, 0.2) is 5.17 Å². The van der Waals surface area contributed by atoms with Crippen molar-refractivity contribution in [1.29, 1.82) is 0 Å². The number of benzene rings is 1. The van der Waals surface area contributed by atoms with Crippen LogP contribution < -0.4 is 0 Å². The number of nitrogens with zero attached hydrogens (tertiary/aromatic N) is 2. The van der Waals surface area contributed by atoms with Gasteiger partial charge < -0.3 is 4.90 Å². The minimum Gasteiger partial charge on any atom is -0.351 e. The lowest BCUT2D eigenvalue weighted by atomic mass is 10.0. The van der Waals surface area contributed by atoms with Crippen molar-refractivity contribution in [3.63, 3.8) is 0 Å². The van der Waals surface area contributed by atoms with Crippen LogP contribution in [0.4, 0.5) is 0 Å². The van der Waals surface area contributed by atoms with E-state index in [-0.39, 0.29) is 5.91 Å². The number of hydrogen-bond acceptors (Lipinski definition) is 3. The fourth-order valence-corrected chi connectivity index (χ4v) is 3.55. The van der Waals surface area contributed by atoms with Crippen LogP contribution in [-0.2, 0) is 4.79 Å². The molecule has 2 aliphatic rings. The van der Waals surface area contributed by atoms with Gasteiger partial charge in [-0.15, -0.1) is 0 Å². The summed E-state index contributed by atoms with van der Waals surface area (Å²) < 4.78 is 0. The third-order valence-corrected chi connectivity index (χ3v) is 4.68. The lowest BCUT2D eigenvalue weighted by molar-refractivity contribution is -0.113. The van der Waals surface area contributed by atoms with E-state index in [2.05, 4.69) is 16.8 Å². The quantitative estimate of drug-likeness (QED) is 0.742. The minimum absolute atomic E-state index is 0.105. The van der Waals surface area contributed by atoms with Crippen molar-refractivity contribution in [2.45, 2.75) is 19.8 Å². The van der Waals surface area contributed by atoms with Gasteiger partial charge in [0.1, 0.15) is 0 Å². The number of carbonyl (C=O) groups is 1. The summed E-state index contributed by atoms with van der Waals surface area (Å²) in [7, 11) is 0. The minimum atomic E-state index is -0.105. The second-order valence-corrected chi connectivity index (χ2v) is 6.42. The summed E-state index contributed by atoms with van der Waals surface area (Å²) in [6.45, 7) is 4.29. The predicted octanol–water partition coefficient (Wildman–Crippen LogP) is 3.39. The van der Waals surface area contributed by atoms with E-state index in [0.29, 0.717) is 5.92 Å². The number of hydrogen-bond donors (Lipinski definition) is 0. The van der Waals surface area contributed by atoms with Crippen molar-refractivity contribution in [3.05, 3.63) is 40.8 Å². The van der Waals surface area contributed by atoms with Crippen LogP contribution in [0.3, 0.4) is 0 Å². The van der Waals surface area contributed by atoms with Gasteiger partial charge in [0.2, 0.25) is 0 Å². The van der Waals surface area contributed by atoms with Crippen molar-refractivity contribution in [1.82, 2.24) is 4.90 Å². The summed E-state index contributed by atoms with van der Waals surface area (Å²) in [6, 6.07) is 9.93. The highest BCUT2D eigenvalue weighted by atomic mass is 32.2. The third kappa shape index (κ3) is 2.96. The van der Waals surface area contributed by atoms with Crippen molar-refractivity contribution in [3.8, 4) is 0 Å². The zero-order chi connectivity index (χ0) is 13.9. The molecule has 3 nitrogen and oxygen atoms in total. The first-order valence-electron chi connectivity index (χ1n) is 7.05. The molecule has 104 valence electrons. The number of piperidine rings is 1. The Morgan fingerprint density at radius 3 is 2.90 bits per heavy atom. The number of thioether (sulfide) groups is 1. The van der Waals surface area contributed by atoms with Gasteiger partial charge in [-0.25, -0.2) is 0 Å². The Bertz CT molecular complexity index is 565. The van der Waals surface area contributed by atoms with Gasteiger partial charge in [0, 0.05) is 13.1 Å². The molecule has 2 heterocycles. The SMILES string of the molecule is CC1CCCN(C2=NC(=O)/C(=C/c3ccccc3)S2)C1. The van der Waals surface area contributed by atoms with E-state index >= 15 is 0 Å². The lowest BCUT2D eigenvalue weighted by Gasteiger charge is -2.31. The number of aliphatic imine (C=N–C) groups is 1. The van der Waals surface area contributed by atoms with Crippen LogP contribution in [0.1, 0.15) is 25.3 Å². The van der Waals surface area contributed by atoms with Crippen molar-refractivity contribution >= 4 is 28.9 Å². The second kappa shape index (κ2) is 5.83. The molecule has 1 aromatic carbocycles. The van der Waals surface area contributed by atoms with E-state index in [4.69, 9.17) is 0 Å². The Labute approximate surface area is 123 Å². The lowest BCUT2D eigenvalue weighted by Crippen LogP contribution is -2.37. The Balaban J connectivity index is 1.74. The van der Waals surface area contributed by atoms with Crippen molar-refractivity contribution in [2.75, 3.05) is 13.1 Å². The zero-order valence-corrected chi connectivity index (χ0v) is 12.4. The monoisotopic (exact) mass is 286 g/mol. The second-order valence-electron chi connectivity index (χ2n) is 5.41. The molecule has 2 aliphatic heterocycles. The molecule has 0 saturated carbocycles. The zero-order valence-electron chi connectivity index (χ0n) is 11.6. The molecule has 1 amide bonds. The molecular weight excluding hydrogens is 268 g/mol. The Kier molecular flexibility index (Phi) is 3.92. The van der Waals surface area contributed by atoms with E-state index < -0.39 is 0 Å². The fourth-order valence-electron chi connectivity index (χ4n) is 2.60. The first-order valence-corrected chi connectivity index (χ1v) is 7.86. The molecule has 0 bridgehead atoms. The van der Waals surface area contributed by atoms with E-state index in [9.17, 15) is 4.79 Å². The van der Waals surface area contributed by atoms with Crippen molar-refractivity contribution < 1.29 is 4.79 Å². The molecule has 0 N–H and O–H groups in total. The maximum absolute atomic E-state index is 12.0. The van der Waals surface area contributed by atoms with Crippen LogP contribution in [0.25, 0.3) is 6.08 Å². The smallest absolute Gasteiger partial charge is 0.286 e. The normalized spacial score (nSPS) is 25.1. The number of carbonyl (C=O) groups excluding carboxylic acids is 1. The molecule has 1 fully saturated rings. The summed E-state index contributed by atoms with van der Waals surface area (Å²) in [5.41, 5.74) is 1.05. The highest BCUT2D eigenvalue weighted by molar-refractivity contribution is 8.18. The molecular formula is C16H18N2OS. The number of rotatable bonds is 1. The summed E-state index contributed by atoms with van der Waals surface area (Å²) >= 11 is 1.51. The summed E-state index contributed by atoms with van der Waals surface area (Å²) in [5.74, 6) is 0.580. The largest absolute Gasteiger partial charge is 0.351 e. The topological polar surface area (TPSA) is 32.7 Å².